The van der Waals surface area contributed by atoms with E-state index < -0.39 is 0 Å². The molecule has 0 saturated heterocycles. The number of nitrogens with zero attached hydrogens (tertiary/aromatic N) is 2. The fourth-order valence-corrected chi connectivity index (χ4v) is 2.59. The number of imidazole rings is 1. The molecule has 3 rings (SSSR count). The molecule has 18 heavy (non-hydrogen) atoms. The summed E-state index contributed by atoms with van der Waals surface area (Å²) in [4.78, 5) is 9.84. The molecule has 1 aliphatic rings. The van der Waals surface area contributed by atoms with Gasteiger partial charge in [0.15, 0.2) is 0 Å². The number of hydrogen-bond donors (Lipinski definition) is 1. The Balaban J connectivity index is 1.89. The predicted octanol–water partition coefficient (Wildman–Crippen LogP) is 2.37. The van der Waals surface area contributed by atoms with Crippen molar-refractivity contribution in [2.45, 2.75) is 25.9 Å². The molecule has 0 radical (unpaired) electrons. The minimum atomic E-state index is 0.497. The monoisotopic (exact) mass is 243 g/mol. The molecule has 2 aromatic rings. The molecular weight excluding hydrogens is 226 g/mol. The largest absolute Gasteiger partial charge is 0.497 e. The van der Waals surface area contributed by atoms with Crippen LogP contribution in [-0.4, -0.2) is 23.1 Å². The van der Waals surface area contributed by atoms with Crippen molar-refractivity contribution in [3.05, 3.63) is 42.0 Å². The summed E-state index contributed by atoms with van der Waals surface area (Å²) in [5.41, 5.74) is 2.65. The van der Waals surface area contributed by atoms with E-state index in [1.54, 1.807) is 13.3 Å². The second-order valence-corrected chi connectivity index (χ2v) is 4.71. The van der Waals surface area contributed by atoms with E-state index in [9.17, 15) is 0 Å². The van der Waals surface area contributed by atoms with Crippen molar-refractivity contribution in [3.63, 3.8) is 0 Å². The third-order valence-electron chi connectivity index (χ3n) is 3.52. The van der Waals surface area contributed by atoms with Crippen LogP contribution >= 0.6 is 0 Å². The first-order valence-electron chi connectivity index (χ1n) is 6.19. The zero-order chi connectivity index (χ0) is 12.5. The average Bonchev–Trinajstić information content (AvgIpc) is 2.98. The van der Waals surface area contributed by atoms with Crippen LogP contribution in [0.2, 0.25) is 0 Å². The molecule has 94 valence electrons. The van der Waals surface area contributed by atoms with Crippen molar-refractivity contribution in [2.75, 3.05) is 12.0 Å². The van der Waals surface area contributed by atoms with Crippen LogP contribution < -0.4 is 9.64 Å². The summed E-state index contributed by atoms with van der Waals surface area (Å²) in [7, 11) is 1.71. The normalized spacial score (nSPS) is 17.9. The minimum Gasteiger partial charge on any atom is -0.497 e. The van der Waals surface area contributed by atoms with Gasteiger partial charge in [0.2, 0.25) is 0 Å². The molecular formula is C14H17N3O. The smallest absolute Gasteiger partial charge is 0.125 e. The zero-order valence-corrected chi connectivity index (χ0v) is 10.7. The van der Waals surface area contributed by atoms with Gasteiger partial charge in [-0.1, -0.05) is 0 Å². The van der Waals surface area contributed by atoms with E-state index in [-0.39, 0.29) is 0 Å². The van der Waals surface area contributed by atoms with Gasteiger partial charge in [-0.25, -0.2) is 4.98 Å². The van der Waals surface area contributed by atoms with Crippen molar-refractivity contribution in [1.29, 1.82) is 0 Å². The Kier molecular flexibility index (Phi) is 2.70. The van der Waals surface area contributed by atoms with E-state index in [4.69, 9.17) is 4.74 Å². The summed E-state index contributed by atoms with van der Waals surface area (Å²) in [5.74, 6) is 1.94. The highest BCUT2D eigenvalue weighted by atomic mass is 16.5. The maximum Gasteiger partial charge on any atom is 0.125 e. The van der Waals surface area contributed by atoms with Crippen LogP contribution in [0.3, 0.4) is 0 Å². The lowest BCUT2D eigenvalue weighted by molar-refractivity contribution is 0.414. The van der Waals surface area contributed by atoms with Gasteiger partial charge in [-0.15, -0.1) is 0 Å². The summed E-state index contributed by atoms with van der Waals surface area (Å²) < 4.78 is 5.28. The lowest BCUT2D eigenvalue weighted by atomic mass is 10.1. The highest BCUT2D eigenvalue weighted by molar-refractivity contribution is 5.61. The third kappa shape index (κ3) is 1.83. The molecule has 0 amide bonds. The number of anilines is 1. The summed E-state index contributed by atoms with van der Waals surface area (Å²) in [5, 5.41) is 0. The fourth-order valence-electron chi connectivity index (χ4n) is 2.59. The Morgan fingerprint density at radius 3 is 3.11 bits per heavy atom. The topological polar surface area (TPSA) is 41.1 Å². The number of hydrogen-bond acceptors (Lipinski definition) is 3. The Hall–Kier alpha value is -1.97. The van der Waals surface area contributed by atoms with Gasteiger partial charge >= 0.3 is 0 Å². The van der Waals surface area contributed by atoms with E-state index in [1.807, 2.05) is 12.3 Å². The Labute approximate surface area is 107 Å². The quantitative estimate of drug-likeness (QED) is 0.899. The van der Waals surface area contributed by atoms with Gasteiger partial charge in [0.05, 0.1) is 13.7 Å². The Morgan fingerprint density at radius 2 is 2.39 bits per heavy atom. The van der Waals surface area contributed by atoms with Crippen molar-refractivity contribution >= 4 is 5.69 Å². The lowest BCUT2D eigenvalue weighted by Gasteiger charge is -2.23. The van der Waals surface area contributed by atoms with Crippen molar-refractivity contribution in [1.82, 2.24) is 9.97 Å². The molecule has 1 aromatic carbocycles. The summed E-state index contributed by atoms with van der Waals surface area (Å²) >= 11 is 0. The summed E-state index contributed by atoms with van der Waals surface area (Å²) in [6.07, 6.45) is 4.73. The second kappa shape index (κ2) is 4.37. The van der Waals surface area contributed by atoms with E-state index in [0.717, 1.165) is 24.5 Å². The van der Waals surface area contributed by atoms with Gasteiger partial charge in [-0.2, -0.15) is 0 Å². The molecule has 0 aliphatic carbocycles. The Morgan fingerprint density at radius 1 is 1.50 bits per heavy atom. The number of methoxy groups -OCH3 is 1. The second-order valence-electron chi connectivity index (χ2n) is 4.71. The van der Waals surface area contributed by atoms with Gasteiger partial charge in [-0.3, -0.25) is 0 Å². The summed E-state index contributed by atoms with van der Waals surface area (Å²) in [6, 6.07) is 6.79. The van der Waals surface area contributed by atoms with Crippen molar-refractivity contribution in [2.24, 2.45) is 0 Å². The first-order valence-corrected chi connectivity index (χ1v) is 6.19. The van der Waals surface area contributed by atoms with E-state index in [2.05, 4.69) is 33.9 Å². The van der Waals surface area contributed by atoms with Crippen LogP contribution in [0.4, 0.5) is 5.69 Å². The number of rotatable bonds is 3. The number of nitrogens with one attached hydrogen (secondary N) is 1. The number of H-pyrrole nitrogens is 1. The number of ether oxygens (including phenoxy) is 1. The van der Waals surface area contributed by atoms with Crippen LogP contribution in [0.25, 0.3) is 0 Å². The van der Waals surface area contributed by atoms with Crippen LogP contribution in [-0.2, 0) is 13.0 Å². The van der Waals surface area contributed by atoms with Crippen molar-refractivity contribution in [3.8, 4) is 5.75 Å². The molecule has 0 unspecified atom stereocenters. The minimum absolute atomic E-state index is 0.497. The predicted molar refractivity (Wildman–Crippen MR) is 70.9 cm³/mol. The van der Waals surface area contributed by atoms with E-state index in [0.29, 0.717) is 6.04 Å². The first-order chi connectivity index (χ1) is 8.78. The van der Waals surface area contributed by atoms with E-state index >= 15 is 0 Å². The molecule has 0 bridgehead atoms. The molecule has 0 fully saturated rings. The lowest BCUT2D eigenvalue weighted by Crippen LogP contribution is -2.29. The highest BCUT2D eigenvalue weighted by Gasteiger charge is 2.26. The molecule has 1 atom stereocenters. The molecule has 0 spiro atoms. The zero-order valence-electron chi connectivity index (χ0n) is 10.7. The SMILES string of the molecule is COc1ccc2c(c1)C[C@H](C)N2Cc1ncc[nH]1. The average molecular weight is 243 g/mol. The number of aromatic nitrogens is 2. The van der Waals surface area contributed by atoms with E-state index in [1.165, 1.54) is 11.3 Å². The van der Waals surface area contributed by atoms with Crippen LogP contribution in [0, 0.1) is 0 Å². The molecule has 1 aromatic heterocycles. The van der Waals surface area contributed by atoms with Crippen LogP contribution in [0.1, 0.15) is 18.3 Å². The fraction of sp³-hybridized carbons (Fsp3) is 0.357. The maximum atomic E-state index is 5.28. The molecule has 1 N–H and O–H groups in total. The van der Waals surface area contributed by atoms with Crippen LogP contribution in [0.15, 0.2) is 30.6 Å². The Bertz CT molecular complexity index is 536. The third-order valence-corrected chi connectivity index (χ3v) is 3.52. The van der Waals surface area contributed by atoms with Gasteiger partial charge < -0.3 is 14.6 Å². The first kappa shape index (κ1) is 11.1. The molecule has 2 heterocycles. The summed E-state index contributed by atoms with van der Waals surface area (Å²) in [6.45, 7) is 3.07. The molecule has 1 aliphatic heterocycles. The van der Waals surface area contributed by atoms with Gasteiger partial charge in [0, 0.05) is 24.1 Å². The number of fused-ring (bicyclic) bond motifs is 1. The molecule has 4 heteroatoms. The van der Waals surface area contributed by atoms with Crippen molar-refractivity contribution < 1.29 is 4.74 Å². The van der Waals surface area contributed by atoms with Gasteiger partial charge in [0.25, 0.3) is 0 Å². The standard InChI is InChI=1S/C14H17N3O/c1-10-7-11-8-12(18-2)3-4-13(11)17(10)9-14-15-5-6-16-14/h3-6,8,10H,7,9H2,1-2H3,(H,15,16)/t10-/m0/s1. The maximum absolute atomic E-state index is 5.28. The highest BCUT2D eigenvalue weighted by Crippen LogP contribution is 2.35. The molecule has 0 saturated carbocycles. The van der Waals surface area contributed by atoms with Gasteiger partial charge in [-0.05, 0) is 37.1 Å². The van der Waals surface area contributed by atoms with Crippen LogP contribution in [0.5, 0.6) is 5.75 Å². The number of aromatic amines is 1. The van der Waals surface area contributed by atoms with Gasteiger partial charge in [0.1, 0.15) is 11.6 Å². The molecule has 4 nitrogen and oxygen atoms in total. The number of benzene rings is 1.